The number of halogens is 1. The number of nitrogens with one attached hydrogen (secondary N) is 1. The lowest BCUT2D eigenvalue weighted by atomic mass is 10.0. The predicted octanol–water partition coefficient (Wildman–Crippen LogP) is 2.77. The highest BCUT2D eigenvalue weighted by atomic mass is 19.1. The van der Waals surface area contributed by atoms with Gasteiger partial charge in [0.1, 0.15) is 23.4 Å². The summed E-state index contributed by atoms with van der Waals surface area (Å²) in [6.45, 7) is 0. The molecule has 0 radical (unpaired) electrons. The van der Waals surface area contributed by atoms with E-state index in [0.717, 1.165) is 5.56 Å². The van der Waals surface area contributed by atoms with E-state index in [-0.39, 0.29) is 5.91 Å². The first kappa shape index (κ1) is 16.3. The Labute approximate surface area is 150 Å². The molecule has 0 spiro atoms. The SMILES string of the molecule is Cn1ccnc1C(NC(=O)C1Cc2ccccc2O1)c1ccccc1F. The van der Waals surface area contributed by atoms with Crippen LogP contribution in [-0.4, -0.2) is 21.6 Å². The number of aryl methyl sites for hydroxylation is 1. The third kappa shape index (κ3) is 2.94. The van der Waals surface area contributed by atoms with Crippen LogP contribution in [0, 0.1) is 5.82 Å². The number of imidazole rings is 1. The van der Waals surface area contributed by atoms with Crippen LogP contribution in [-0.2, 0) is 18.3 Å². The molecule has 0 fully saturated rings. The molecule has 4 rings (SSSR count). The second-order valence-electron chi connectivity index (χ2n) is 6.28. The highest BCUT2D eigenvalue weighted by molar-refractivity contribution is 5.83. The van der Waals surface area contributed by atoms with Gasteiger partial charge in [0.05, 0.1) is 0 Å². The van der Waals surface area contributed by atoms with E-state index in [9.17, 15) is 9.18 Å². The van der Waals surface area contributed by atoms with Gasteiger partial charge in [-0.15, -0.1) is 0 Å². The fourth-order valence-electron chi connectivity index (χ4n) is 3.21. The number of aromatic nitrogens is 2. The van der Waals surface area contributed by atoms with Crippen molar-refractivity contribution in [2.75, 3.05) is 0 Å². The van der Waals surface area contributed by atoms with Gasteiger partial charge in [-0.1, -0.05) is 36.4 Å². The Kier molecular flexibility index (Phi) is 4.16. The lowest BCUT2D eigenvalue weighted by Crippen LogP contribution is -2.41. The number of carbonyl (C=O) groups is 1. The van der Waals surface area contributed by atoms with Crippen molar-refractivity contribution >= 4 is 5.91 Å². The molecule has 132 valence electrons. The summed E-state index contributed by atoms with van der Waals surface area (Å²) in [5.41, 5.74) is 1.36. The zero-order valence-corrected chi connectivity index (χ0v) is 14.2. The molecule has 0 aliphatic carbocycles. The molecular formula is C20H18FN3O2. The van der Waals surface area contributed by atoms with Crippen molar-refractivity contribution in [2.24, 2.45) is 7.05 Å². The molecule has 1 N–H and O–H groups in total. The van der Waals surface area contributed by atoms with Crippen LogP contribution < -0.4 is 10.1 Å². The molecule has 1 aliphatic heterocycles. The monoisotopic (exact) mass is 351 g/mol. The van der Waals surface area contributed by atoms with E-state index in [2.05, 4.69) is 10.3 Å². The van der Waals surface area contributed by atoms with E-state index in [0.29, 0.717) is 23.6 Å². The Morgan fingerprint density at radius 1 is 1.27 bits per heavy atom. The van der Waals surface area contributed by atoms with Gasteiger partial charge in [-0.3, -0.25) is 4.79 Å². The largest absolute Gasteiger partial charge is 0.480 e. The van der Waals surface area contributed by atoms with Crippen LogP contribution in [0.1, 0.15) is 23.0 Å². The number of hydrogen-bond acceptors (Lipinski definition) is 3. The normalized spacial score (nSPS) is 16.6. The standard InChI is InChI=1S/C20H18FN3O2/c1-24-11-10-22-19(24)18(14-7-3-4-8-15(14)21)23-20(25)17-12-13-6-2-5-9-16(13)26-17/h2-11,17-18H,12H2,1H3,(H,23,25). The van der Waals surface area contributed by atoms with Crippen LogP contribution in [0.25, 0.3) is 0 Å². The van der Waals surface area contributed by atoms with Gasteiger partial charge in [-0.05, 0) is 17.7 Å². The van der Waals surface area contributed by atoms with Gasteiger partial charge < -0.3 is 14.6 Å². The van der Waals surface area contributed by atoms with Crippen LogP contribution in [0.15, 0.2) is 60.9 Å². The van der Waals surface area contributed by atoms with E-state index in [4.69, 9.17) is 4.74 Å². The minimum absolute atomic E-state index is 0.294. The van der Waals surface area contributed by atoms with Crippen LogP contribution >= 0.6 is 0 Å². The zero-order valence-electron chi connectivity index (χ0n) is 14.2. The first-order chi connectivity index (χ1) is 12.6. The fraction of sp³-hybridized carbons (Fsp3) is 0.200. The first-order valence-electron chi connectivity index (χ1n) is 8.40. The predicted molar refractivity (Wildman–Crippen MR) is 94.2 cm³/mol. The molecule has 6 heteroatoms. The van der Waals surface area contributed by atoms with Gasteiger partial charge in [0, 0.05) is 31.4 Å². The van der Waals surface area contributed by atoms with E-state index < -0.39 is 18.0 Å². The number of amides is 1. The maximum atomic E-state index is 14.4. The Morgan fingerprint density at radius 3 is 2.77 bits per heavy atom. The van der Waals surface area contributed by atoms with Crippen molar-refractivity contribution in [1.29, 1.82) is 0 Å². The summed E-state index contributed by atoms with van der Waals surface area (Å²) in [7, 11) is 1.81. The second kappa shape index (κ2) is 6.63. The molecule has 0 bridgehead atoms. The maximum Gasteiger partial charge on any atom is 0.262 e. The number of benzene rings is 2. The molecule has 0 saturated carbocycles. The molecule has 3 aromatic rings. The molecule has 1 amide bonds. The summed E-state index contributed by atoms with van der Waals surface area (Å²) in [5, 5.41) is 2.91. The average Bonchev–Trinajstić information content (AvgIpc) is 3.26. The molecule has 0 saturated heterocycles. The highest BCUT2D eigenvalue weighted by Gasteiger charge is 2.32. The average molecular weight is 351 g/mol. The van der Waals surface area contributed by atoms with Crippen molar-refractivity contribution in [2.45, 2.75) is 18.6 Å². The molecule has 1 aliphatic rings. The van der Waals surface area contributed by atoms with Gasteiger partial charge in [-0.2, -0.15) is 0 Å². The highest BCUT2D eigenvalue weighted by Crippen LogP contribution is 2.29. The number of rotatable bonds is 4. The quantitative estimate of drug-likeness (QED) is 0.786. The molecule has 1 aromatic heterocycles. The van der Waals surface area contributed by atoms with Gasteiger partial charge in [-0.25, -0.2) is 9.37 Å². The van der Waals surface area contributed by atoms with Crippen LogP contribution in [0.4, 0.5) is 4.39 Å². The smallest absolute Gasteiger partial charge is 0.262 e. The maximum absolute atomic E-state index is 14.4. The number of ether oxygens (including phenoxy) is 1. The minimum atomic E-state index is -0.698. The third-order valence-electron chi connectivity index (χ3n) is 4.56. The molecule has 2 atom stereocenters. The number of hydrogen-bond donors (Lipinski definition) is 1. The Hall–Kier alpha value is -3.15. The van der Waals surface area contributed by atoms with Crippen molar-refractivity contribution in [3.8, 4) is 5.75 Å². The van der Waals surface area contributed by atoms with Crippen molar-refractivity contribution < 1.29 is 13.9 Å². The van der Waals surface area contributed by atoms with Crippen LogP contribution in [0.3, 0.4) is 0 Å². The van der Waals surface area contributed by atoms with E-state index in [1.54, 1.807) is 35.2 Å². The molecule has 2 heterocycles. The summed E-state index contributed by atoms with van der Waals surface area (Å²) < 4.78 is 21.9. The Balaban J connectivity index is 1.61. The third-order valence-corrected chi connectivity index (χ3v) is 4.56. The van der Waals surface area contributed by atoms with Gasteiger partial charge in [0.15, 0.2) is 6.10 Å². The second-order valence-corrected chi connectivity index (χ2v) is 6.28. The van der Waals surface area contributed by atoms with Gasteiger partial charge in [0.2, 0.25) is 0 Å². The minimum Gasteiger partial charge on any atom is -0.480 e. The summed E-state index contributed by atoms with van der Waals surface area (Å²) >= 11 is 0. The Bertz CT molecular complexity index is 928. The number of para-hydroxylation sites is 1. The van der Waals surface area contributed by atoms with Crippen molar-refractivity contribution in [1.82, 2.24) is 14.9 Å². The number of fused-ring (bicyclic) bond motifs is 1. The van der Waals surface area contributed by atoms with E-state index >= 15 is 0 Å². The van der Waals surface area contributed by atoms with E-state index in [1.165, 1.54) is 6.07 Å². The summed E-state index contributed by atoms with van der Waals surface area (Å²) in [4.78, 5) is 17.1. The summed E-state index contributed by atoms with van der Waals surface area (Å²) in [5.74, 6) is 0.583. The zero-order chi connectivity index (χ0) is 18.1. The van der Waals surface area contributed by atoms with Crippen LogP contribution in [0.5, 0.6) is 5.75 Å². The molecular weight excluding hydrogens is 333 g/mol. The molecule has 26 heavy (non-hydrogen) atoms. The summed E-state index contributed by atoms with van der Waals surface area (Å²) in [6.07, 6.45) is 3.24. The summed E-state index contributed by atoms with van der Waals surface area (Å²) in [6, 6.07) is 13.3. The molecule has 2 aromatic carbocycles. The Morgan fingerprint density at radius 2 is 2.04 bits per heavy atom. The van der Waals surface area contributed by atoms with E-state index in [1.807, 2.05) is 31.3 Å². The number of carbonyl (C=O) groups excluding carboxylic acids is 1. The van der Waals surface area contributed by atoms with Crippen molar-refractivity contribution in [3.63, 3.8) is 0 Å². The van der Waals surface area contributed by atoms with Gasteiger partial charge >= 0.3 is 0 Å². The van der Waals surface area contributed by atoms with Crippen LogP contribution in [0.2, 0.25) is 0 Å². The lowest BCUT2D eigenvalue weighted by Gasteiger charge is -2.21. The first-order valence-corrected chi connectivity index (χ1v) is 8.40. The molecule has 2 unspecified atom stereocenters. The fourth-order valence-corrected chi connectivity index (χ4v) is 3.21. The lowest BCUT2D eigenvalue weighted by molar-refractivity contribution is -0.127. The molecule has 5 nitrogen and oxygen atoms in total. The van der Waals surface area contributed by atoms with Crippen molar-refractivity contribution in [3.05, 3.63) is 83.7 Å². The van der Waals surface area contributed by atoms with Gasteiger partial charge in [0.25, 0.3) is 5.91 Å². The topological polar surface area (TPSA) is 56.2 Å². The number of nitrogens with zero attached hydrogens (tertiary/aromatic N) is 2.